The minimum atomic E-state index is 0.130. The summed E-state index contributed by atoms with van der Waals surface area (Å²) in [5, 5.41) is 0.957. The van der Waals surface area contributed by atoms with Crippen LogP contribution in [0.3, 0.4) is 0 Å². The van der Waals surface area contributed by atoms with E-state index in [1.807, 2.05) is 24.8 Å². The normalized spacial score (nSPS) is 15.3. The van der Waals surface area contributed by atoms with Crippen molar-refractivity contribution in [2.45, 2.75) is 13.8 Å². The molecule has 0 spiro atoms. The van der Waals surface area contributed by atoms with E-state index in [1.54, 1.807) is 0 Å². The molecule has 4 nitrogen and oxygen atoms in total. The van der Waals surface area contributed by atoms with Gasteiger partial charge in [-0.25, -0.2) is 4.98 Å². The second kappa shape index (κ2) is 5.85. The Morgan fingerprint density at radius 1 is 1.10 bits per heavy atom. The molecular weight excluding hydrogens is 282 g/mol. The predicted octanol–water partition coefficient (Wildman–Crippen LogP) is 2.72. The van der Waals surface area contributed by atoms with Crippen molar-refractivity contribution in [2.24, 2.45) is 0 Å². The summed E-state index contributed by atoms with van der Waals surface area (Å²) in [6.45, 7) is 7.16. The van der Waals surface area contributed by atoms with E-state index >= 15 is 0 Å². The first-order chi connectivity index (χ1) is 10.1. The molecule has 0 radical (unpaired) electrons. The predicted molar refractivity (Wildman–Crippen MR) is 86.1 cm³/mol. The quantitative estimate of drug-likeness (QED) is 0.856. The highest BCUT2D eigenvalue weighted by Crippen LogP contribution is 2.21. The van der Waals surface area contributed by atoms with Gasteiger partial charge in [-0.3, -0.25) is 4.79 Å². The van der Waals surface area contributed by atoms with Crippen molar-refractivity contribution in [3.05, 3.63) is 45.9 Å². The third-order valence-electron chi connectivity index (χ3n) is 3.79. The molecule has 3 rings (SSSR count). The number of nitrogens with zero attached hydrogens (tertiary/aromatic N) is 3. The molecule has 0 unspecified atom stereocenters. The Morgan fingerprint density at radius 3 is 2.33 bits per heavy atom. The number of carbonyl (C=O) groups excluding carboxylic acids is 1. The average Bonchev–Trinajstić information content (AvgIpc) is 2.86. The van der Waals surface area contributed by atoms with Crippen molar-refractivity contribution < 1.29 is 4.79 Å². The molecule has 1 saturated heterocycles. The Balaban J connectivity index is 1.66. The largest absolute Gasteiger partial charge is 0.368 e. The fraction of sp³-hybridized carbons (Fsp3) is 0.375. The molecule has 1 aliphatic rings. The van der Waals surface area contributed by atoms with Crippen LogP contribution in [0.15, 0.2) is 30.3 Å². The summed E-state index contributed by atoms with van der Waals surface area (Å²) >= 11 is 1.50. The summed E-state index contributed by atoms with van der Waals surface area (Å²) in [4.78, 5) is 22.0. The van der Waals surface area contributed by atoms with Crippen molar-refractivity contribution >= 4 is 22.9 Å². The van der Waals surface area contributed by atoms with Gasteiger partial charge >= 0.3 is 0 Å². The molecule has 1 aromatic heterocycles. The van der Waals surface area contributed by atoms with Crippen LogP contribution in [0.25, 0.3) is 0 Å². The minimum absolute atomic E-state index is 0.130. The SMILES string of the molecule is Cc1nc(C)c(C(=O)N2CCN(c3ccccc3)CC2)s1. The van der Waals surface area contributed by atoms with E-state index in [9.17, 15) is 4.79 Å². The number of aromatic nitrogens is 1. The van der Waals surface area contributed by atoms with Gasteiger partial charge in [0.05, 0.1) is 10.7 Å². The van der Waals surface area contributed by atoms with Crippen LogP contribution in [0.2, 0.25) is 0 Å². The molecule has 0 saturated carbocycles. The van der Waals surface area contributed by atoms with Crippen LogP contribution in [-0.2, 0) is 0 Å². The van der Waals surface area contributed by atoms with Gasteiger partial charge in [0, 0.05) is 31.9 Å². The zero-order valence-electron chi connectivity index (χ0n) is 12.4. The molecule has 5 heteroatoms. The Hall–Kier alpha value is -1.88. The molecule has 2 aromatic rings. The Morgan fingerprint density at radius 2 is 1.76 bits per heavy atom. The standard InChI is InChI=1S/C16H19N3OS/c1-12-15(21-13(2)17-12)16(20)19-10-8-18(9-11-19)14-6-4-3-5-7-14/h3-7H,8-11H2,1-2H3. The number of piperazine rings is 1. The first-order valence-corrected chi connectivity index (χ1v) is 8.00. The molecule has 0 N–H and O–H groups in total. The molecule has 1 aliphatic heterocycles. The molecule has 2 heterocycles. The van der Waals surface area contributed by atoms with Gasteiger partial charge in [-0.2, -0.15) is 0 Å². The number of hydrogen-bond donors (Lipinski definition) is 0. The zero-order valence-corrected chi connectivity index (χ0v) is 13.2. The van der Waals surface area contributed by atoms with E-state index in [2.05, 4.69) is 34.1 Å². The van der Waals surface area contributed by atoms with Crippen molar-refractivity contribution in [1.82, 2.24) is 9.88 Å². The van der Waals surface area contributed by atoms with Crippen LogP contribution in [0.4, 0.5) is 5.69 Å². The molecule has 1 amide bonds. The summed E-state index contributed by atoms with van der Waals surface area (Å²) in [7, 11) is 0. The van der Waals surface area contributed by atoms with Gasteiger partial charge in [0.1, 0.15) is 4.88 Å². The Bertz CT molecular complexity index is 630. The minimum Gasteiger partial charge on any atom is -0.368 e. The third-order valence-corrected chi connectivity index (χ3v) is 4.85. The van der Waals surface area contributed by atoms with Crippen LogP contribution in [0, 0.1) is 13.8 Å². The number of thiazole rings is 1. The van der Waals surface area contributed by atoms with Crippen molar-refractivity contribution in [3.8, 4) is 0 Å². The van der Waals surface area contributed by atoms with E-state index in [1.165, 1.54) is 17.0 Å². The van der Waals surface area contributed by atoms with Crippen molar-refractivity contribution in [1.29, 1.82) is 0 Å². The summed E-state index contributed by atoms with van der Waals surface area (Å²) in [6, 6.07) is 10.4. The van der Waals surface area contributed by atoms with Gasteiger partial charge < -0.3 is 9.80 Å². The molecular formula is C16H19N3OS. The lowest BCUT2D eigenvalue weighted by molar-refractivity contribution is 0.0750. The van der Waals surface area contributed by atoms with Gasteiger partial charge in [0.25, 0.3) is 5.91 Å². The smallest absolute Gasteiger partial charge is 0.265 e. The number of benzene rings is 1. The number of anilines is 1. The van der Waals surface area contributed by atoms with Crippen LogP contribution in [0.1, 0.15) is 20.4 Å². The van der Waals surface area contributed by atoms with E-state index in [4.69, 9.17) is 0 Å². The Kier molecular flexibility index (Phi) is 3.92. The number of carbonyl (C=O) groups is 1. The molecule has 0 bridgehead atoms. The number of amides is 1. The Labute approximate surface area is 129 Å². The van der Waals surface area contributed by atoms with Gasteiger partial charge in [-0.15, -0.1) is 11.3 Å². The fourth-order valence-corrected chi connectivity index (χ4v) is 3.57. The van der Waals surface area contributed by atoms with E-state index in [-0.39, 0.29) is 5.91 Å². The number of hydrogen-bond acceptors (Lipinski definition) is 4. The topological polar surface area (TPSA) is 36.4 Å². The molecule has 0 atom stereocenters. The lowest BCUT2D eigenvalue weighted by Gasteiger charge is -2.36. The lowest BCUT2D eigenvalue weighted by Crippen LogP contribution is -2.48. The third kappa shape index (κ3) is 2.93. The van der Waals surface area contributed by atoms with Gasteiger partial charge in [-0.1, -0.05) is 18.2 Å². The maximum Gasteiger partial charge on any atom is 0.265 e. The van der Waals surface area contributed by atoms with Crippen molar-refractivity contribution in [3.63, 3.8) is 0 Å². The van der Waals surface area contributed by atoms with Crippen LogP contribution in [0.5, 0.6) is 0 Å². The molecule has 21 heavy (non-hydrogen) atoms. The van der Waals surface area contributed by atoms with E-state index in [0.29, 0.717) is 0 Å². The monoisotopic (exact) mass is 301 g/mol. The van der Waals surface area contributed by atoms with Gasteiger partial charge in [-0.05, 0) is 26.0 Å². The maximum atomic E-state index is 12.6. The number of para-hydroxylation sites is 1. The first kappa shape index (κ1) is 14.1. The zero-order chi connectivity index (χ0) is 14.8. The lowest BCUT2D eigenvalue weighted by atomic mass is 10.2. The molecule has 1 aromatic carbocycles. The number of rotatable bonds is 2. The van der Waals surface area contributed by atoms with Crippen LogP contribution in [-0.4, -0.2) is 42.0 Å². The highest BCUT2D eigenvalue weighted by molar-refractivity contribution is 7.13. The van der Waals surface area contributed by atoms with E-state index < -0.39 is 0 Å². The highest BCUT2D eigenvalue weighted by atomic mass is 32.1. The number of aryl methyl sites for hydroxylation is 2. The van der Waals surface area contributed by atoms with Gasteiger partial charge in [0.2, 0.25) is 0 Å². The summed E-state index contributed by atoms with van der Waals surface area (Å²) in [6.07, 6.45) is 0. The second-order valence-electron chi connectivity index (χ2n) is 5.26. The highest BCUT2D eigenvalue weighted by Gasteiger charge is 2.24. The maximum absolute atomic E-state index is 12.6. The van der Waals surface area contributed by atoms with E-state index in [0.717, 1.165) is 41.8 Å². The van der Waals surface area contributed by atoms with Crippen LogP contribution >= 0.6 is 11.3 Å². The van der Waals surface area contributed by atoms with Crippen LogP contribution < -0.4 is 4.90 Å². The molecule has 1 fully saturated rings. The van der Waals surface area contributed by atoms with Crippen molar-refractivity contribution in [2.75, 3.05) is 31.1 Å². The molecule has 0 aliphatic carbocycles. The summed E-state index contributed by atoms with van der Waals surface area (Å²) < 4.78 is 0. The molecule has 110 valence electrons. The summed E-state index contributed by atoms with van der Waals surface area (Å²) in [5.74, 6) is 0.130. The fourth-order valence-electron chi connectivity index (χ4n) is 2.68. The van der Waals surface area contributed by atoms with Gasteiger partial charge in [0.15, 0.2) is 0 Å². The average molecular weight is 301 g/mol. The first-order valence-electron chi connectivity index (χ1n) is 7.18. The second-order valence-corrected chi connectivity index (χ2v) is 6.47. The summed E-state index contributed by atoms with van der Waals surface area (Å²) in [5.41, 5.74) is 2.09.